The second-order valence-corrected chi connectivity index (χ2v) is 7.96. The second kappa shape index (κ2) is 7.91. The summed E-state index contributed by atoms with van der Waals surface area (Å²) in [5.41, 5.74) is 0.106. The third-order valence-electron chi connectivity index (χ3n) is 3.92. The molecule has 0 aliphatic heterocycles. The van der Waals surface area contributed by atoms with Crippen LogP contribution in [0.5, 0.6) is 0 Å². The van der Waals surface area contributed by atoms with Crippen LogP contribution in [0.4, 0.5) is 11.4 Å². The normalized spacial score (nSPS) is 11.4. The Morgan fingerprint density at radius 3 is 2.44 bits per heavy atom. The van der Waals surface area contributed by atoms with Crippen LogP contribution in [0.2, 0.25) is 5.02 Å². The number of fused-ring (bicyclic) bond motifs is 1. The number of hydrogen-bond donors (Lipinski definition) is 2. The van der Waals surface area contributed by atoms with E-state index < -0.39 is 14.9 Å². The van der Waals surface area contributed by atoms with Crippen LogP contribution in [-0.2, 0) is 10.0 Å². The third-order valence-corrected chi connectivity index (χ3v) is 5.61. The van der Waals surface area contributed by atoms with Gasteiger partial charge in [0.25, 0.3) is 5.69 Å². The first-order valence-electron chi connectivity index (χ1n) is 8.03. The Labute approximate surface area is 161 Å². The number of nitrogens with one attached hydrogen (secondary N) is 2. The zero-order chi connectivity index (χ0) is 19.4. The van der Waals surface area contributed by atoms with Crippen LogP contribution >= 0.6 is 11.6 Å². The first-order valence-corrected chi connectivity index (χ1v) is 9.89. The number of nitro benzene ring substituents is 1. The zero-order valence-corrected chi connectivity index (χ0v) is 15.6. The lowest BCUT2D eigenvalue weighted by atomic mass is 10.1. The molecular formula is C18H16ClN3O4S. The van der Waals surface area contributed by atoms with Gasteiger partial charge in [-0.05, 0) is 35.0 Å². The van der Waals surface area contributed by atoms with Crippen molar-refractivity contribution < 1.29 is 13.3 Å². The minimum atomic E-state index is -3.69. The first-order chi connectivity index (χ1) is 12.9. The van der Waals surface area contributed by atoms with E-state index in [1.165, 1.54) is 18.2 Å². The van der Waals surface area contributed by atoms with Gasteiger partial charge in [0, 0.05) is 24.2 Å². The molecule has 0 spiro atoms. The maximum Gasteiger partial charge on any atom is 0.292 e. The van der Waals surface area contributed by atoms with Crippen LogP contribution in [-0.4, -0.2) is 26.4 Å². The lowest BCUT2D eigenvalue weighted by molar-refractivity contribution is -0.384. The molecule has 0 aromatic heterocycles. The maximum atomic E-state index is 12.4. The van der Waals surface area contributed by atoms with Gasteiger partial charge in [0.15, 0.2) is 0 Å². The summed E-state index contributed by atoms with van der Waals surface area (Å²) in [6.07, 6.45) is 0. The van der Waals surface area contributed by atoms with Crippen LogP contribution in [0.3, 0.4) is 0 Å². The summed E-state index contributed by atoms with van der Waals surface area (Å²) in [6.45, 7) is 0.215. The molecule has 9 heteroatoms. The highest BCUT2D eigenvalue weighted by atomic mass is 35.5. The Balaban J connectivity index is 1.66. The SMILES string of the molecule is O=[N+]([O-])c1ccc(Cl)cc1NCCNS(=O)(=O)c1ccc2ccccc2c1. The highest BCUT2D eigenvalue weighted by molar-refractivity contribution is 7.89. The van der Waals surface area contributed by atoms with E-state index in [1.54, 1.807) is 18.2 Å². The number of anilines is 1. The van der Waals surface area contributed by atoms with Crippen molar-refractivity contribution in [3.63, 3.8) is 0 Å². The van der Waals surface area contributed by atoms with E-state index in [0.29, 0.717) is 5.02 Å². The fourth-order valence-corrected chi connectivity index (χ4v) is 3.85. The predicted molar refractivity (Wildman–Crippen MR) is 106 cm³/mol. The molecule has 0 atom stereocenters. The van der Waals surface area contributed by atoms with Crippen molar-refractivity contribution in [1.29, 1.82) is 0 Å². The van der Waals surface area contributed by atoms with Gasteiger partial charge in [-0.1, -0.05) is 41.9 Å². The highest BCUT2D eigenvalue weighted by Crippen LogP contribution is 2.27. The standard InChI is InChI=1S/C18H16ClN3O4S/c19-15-6-8-18(22(23)24)17(12-15)20-9-10-21-27(25,26)16-7-5-13-3-1-2-4-14(13)11-16/h1-8,11-12,20-21H,9-10H2. The fourth-order valence-electron chi connectivity index (χ4n) is 2.61. The zero-order valence-electron chi connectivity index (χ0n) is 14.1. The Morgan fingerprint density at radius 1 is 0.963 bits per heavy atom. The van der Waals surface area contributed by atoms with Crippen molar-refractivity contribution in [1.82, 2.24) is 4.72 Å². The first kappa shape index (κ1) is 19.1. The molecule has 0 saturated carbocycles. The van der Waals surface area contributed by atoms with Crippen LogP contribution in [0.1, 0.15) is 0 Å². The van der Waals surface area contributed by atoms with E-state index in [9.17, 15) is 18.5 Å². The van der Waals surface area contributed by atoms with Gasteiger partial charge < -0.3 is 5.32 Å². The summed E-state index contributed by atoms with van der Waals surface area (Å²) in [5, 5.41) is 16.0. The predicted octanol–water partition coefficient (Wildman–Crippen LogP) is 3.79. The smallest absolute Gasteiger partial charge is 0.292 e. The van der Waals surface area contributed by atoms with Gasteiger partial charge in [0.2, 0.25) is 10.0 Å². The molecule has 3 aromatic rings. The summed E-state index contributed by atoms with van der Waals surface area (Å²) in [7, 11) is -3.69. The Kier molecular flexibility index (Phi) is 5.59. The average Bonchev–Trinajstić information content (AvgIpc) is 2.64. The average molecular weight is 406 g/mol. The Morgan fingerprint density at radius 2 is 1.70 bits per heavy atom. The molecule has 0 bridgehead atoms. The van der Waals surface area contributed by atoms with Gasteiger partial charge >= 0.3 is 0 Å². The van der Waals surface area contributed by atoms with Crippen molar-refractivity contribution in [2.24, 2.45) is 0 Å². The molecular weight excluding hydrogens is 390 g/mol. The van der Waals surface area contributed by atoms with Gasteiger partial charge in [0.05, 0.1) is 9.82 Å². The minimum Gasteiger partial charge on any atom is -0.378 e. The molecule has 27 heavy (non-hydrogen) atoms. The molecule has 7 nitrogen and oxygen atoms in total. The monoisotopic (exact) mass is 405 g/mol. The maximum absolute atomic E-state index is 12.4. The van der Waals surface area contributed by atoms with E-state index in [4.69, 9.17) is 11.6 Å². The number of halogens is 1. The molecule has 3 aromatic carbocycles. The quantitative estimate of drug-likeness (QED) is 0.353. The number of hydrogen-bond acceptors (Lipinski definition) is 5. The lowest BCUT2D eigenvalue weighted by Gasteiger charge is -2.10. The van der Waals surface area contributed by atoms with Gasteiger partial charge in [-0.15, -0.1) is 0 Å². The van der Waals surface area contributed by atoms with Crippen molar-refractivity contribution in [3.05, 3.63) is 75.8 Å². The number of nitrogens with zero attached hydrogens (tertiary/aromatic N) is 1. The van der Waals surface area contributed by atoms with Gasteiger partial charge in [-0.3, -0.25) is 10.1 Å². The summed E-state index contributed by atoms with van der Waals surface area (Å²) >= 11 is 5.86. The molecule has 140 valence electrons. The molecule has 0 aliphatic rings. The number of rotatable bonds is 7. The molecule has 0 unspecified atom stereocenters. The van der Waals surface area contributed by atoms with E-state index in [2.05, 4.69) is 10.0 Å². The van der Waals surface area contributed by atoms with Crippen molar-refractivity contribution in [2.75, 3.05) is 18.4 Å². The van der Waals surface area contributed by atoms with Crippen LogP contribution in [0, 0.1) is 10.1 Å². The minimum absolute atomic E-state index is 0.0544. The van der Waals surface area contributed by atoms with E-state index in [1.807, 2.05) is 24.3 Å². The van der Waals surface area contributed by atoms with Gasteiger partial charge in [-0.25, -0.2) is 13.1 Å². The largest absolute Gasteiger partial charge is 0.378 e. The van der Waals surface area contributed by atoms with Crippen LogP contribution in [0.25, 0.3) is 10.8 Å². The summed E-state index contributed by atoms with van der Waals surface area (Å²) in [4.78, 5) is 10.7. The molecule has 0 aliphatic carbocycles. The van der Waals surface area contributed by atoms with E-state index in [0.717, 1.165) is 10.8 Å². The molecule has 3 rings (SSSR count). The Bertz CT molecular complexity index is 1100. The molecule has 0 fully saturated rings. The number of nitro groups is 1. The number of benzene rings is 3. The summed E-state index contributed by atoms with van der Waals surface area (Å²) < 4.78 is 27.4. The van der Waals surface area contributed by atoms with Crippen LogP contribution in [0.15, 0.2) is 65.6 Å². The fraction of sp³-hybridized carbons (Fsp3) is 0.111. The lowest BCUT2D eigenvalue weighted by Crippen LogP contribution is -2.29. The van der Waals surface area contributed by atoms with Crippen LogP contribution < -0.4 is 10.0 Å². The van der Waals surface area contributed by atoms with Crippen molar-refractivity contribution >= 4 is 43.8 Å². The second-order valence-electron chi connectivity index (χ2n) is 5.75. The summed E-state index contributed by atoms with van der Waals surface area (Å²) in [6, 6.07) is 16.5. The highest BCUT2D eigenvalue weighted by Gasteiger charge is 2.16. The van der Waals surface area contributed by atoms with Gasteiger partial charge in [-0.2, -0.15) is 0 Å². The van der Waals surface area contributed by atoms with Crippen molar-refractivity contribution in [2.45, 2.75) is 4.90 Å². The van der Waals surface area contributed by atoms with Crippen molar-refractivity contribution in [3.8, 4) is 0 Å². The topological polar surface area (TPSA) is 101 Å². The Hall–Kier alpha value is -2.68. The third kappa shape index (κ3) is 4.54. The molecule has 0 amide bonds. The molecule has 2 N–H and O–H groups in total. The molecule has 0 heterocycles. The molecule has 0 radical (unpaired) electrons. The van der Waals surface area contributed by atoms with E-state index >= 15 is 0 Å². The summed E-state index contributed by atoms with van der Waals surface area (Å²) in [5.74, 6) is 0. The van der Waals surface area contributed by atoms with E-state index in [-0.39, 0.29) is 29.4 Å². The van der Waals surface area contributed by atoms with Gasteiger partial charge in [0.1, 0.15) is 5.69 Å². The molecule has 0 saturated heterocycles. The number of sulfonamides is 1.